The van der Waals surface area contributed by atoms with Crippen molar-refractivity contribution in [3.63, 3.8) is 0 Å². The lowest BCUT2D eigenvalue weighted by Gasteiger charge is -2.28. The molecule has 44 heavy (non-hydrogen) atoms. The number of sulfone groups is 1. The fraction of sp³-hybridized carbons (Fsp3) is 0.370. The normalized spacial score (nSPS) is 16.2. The second kappa shape index (κ2) is 12.2. The van der Waals surface area contributed by atoms with E-state index in [0.717, 1.165) is 54.7 Å². The number of nitrogens with one attached hydrogen (secondary N) is 2. The molecule has 0 radical (unpaired) electrons. The highest BCUT2D eigenvalue weighted by atomic mass is 32.2. The number of carbonyl (C=O) groups excluding carboxylic acids is 1. The van der Waals surface area contributed by atoms with Crippen molar-refractivity contribution in [1.82, 2.24) is 20.2 Å². The van der Waals surface area contributed by atoms with Crippen LogP contribution in [0.25, 0.3) is 11.3 Å². The second-order valence-electron chi connectivity index (χ2n) is 10.2. The Labute approximate surface area is 245 Å². The highest BCUT2D eigenvalue weighted by molar-refractivity contribution is 7.91. The first-order valence-electron chi connectivity index (χ1n) is 12.8. The van der Waals surface area contributed by atoms with Crippen molar-refractivity contribution in [2.45, 2.75) is 49.4 Å². The van der Waals surface area contributed by atoms with Crippen molar-refractivity contribution in [2.75, 3.05) is 11.5 Å². The van der Waals surface area contributed by atoms with Gasteiger partial charge in [0.2, 0.25) is 11.7 Å². The predicted octanol–water partition coefficient (Wildman–Crippen LogP) is 4.70. The molecule has 2 N–H and O–H groups in total. The molecule has 1 fully saturated rings. The smallest absolute Gasteiger partial charge is 0.336 e. The van der Waals surface area contributed by atoms with E-state index in [4.69, 9.17) is 0 Å². The van der Waals surface area contributed by atoms with Crippen molar-refractivity contribution in [3.8, 4) is 17.3 Å². The van der Waals surface area contributed by atoms with Crippen LogP contribution in [0, 0.1) is 23.0 Å². The number of alkyl halides is 6. The number of benzene rings is 2. The third-order valence-electron chi connectivity index (χ3n) is 6.84. The molecule has 1 amide bonds. The van der Waals surface area contributed by atoms with Gasteiger partial charge >= 0.3 is 12.4 Å². The number of hydrogen-bond donors (Lipinski definition) is 2. The van der Waals surface area contributed by atoms with Gasteiger partial charge in [-0.3, -0.25) is 10.1 Å². The van der Waals surface area contributed by atoms with Gasteiger partial charge in [-0.05, 0) is 60.4 Å². The maximum Gasteiger partial charge on any atom is 0.449 e. The number of carbonyl (C=O) groups is 1. The van der Waals surface area contributed by atoms with E-state index in [1.54, 1.807) is 6.07 Å². The Hall–Kier alpha value is -4.04. The summed E-state index contributed by atoms with van der Waals surface area (Å²) >= 11 is 0. The Morgan fingerprint density at radius 2 is 1.57 bits per heavy atom. The van der Waals surface area contributed by atoms with E-state index in [1.165, 1.54) is 0 Å². The second-order valence-corrected chi connectivity index (χ2v) is 12.4. The molecule has 236 valence electrons. The van der Waals surface area contributed by atoms with Gasteiger partial charge < -0.3 is 9.88 Å². The van der Waals surface area contributed by atoms with Gasteiger partial charge in [0.25, 0.3) is 0 Å². The van der Waals surface area contributed by atoms with Crippen LogP contribution < -0.4 is 10.6 Å². The van der Waals surface area contributed by atoms with Gasteiger partial charge in [0.15, 0.2) is 9.84 Å². The van der Waals surface area contributed by atoms with E-state index in [-0.39, 0.29) is 24.1 Å². The maximum atomic E-state index is 14.1. The number of amides is 1. The van der Waals surface area contributed by atoms with Crippen LogP contribution in [0.1, 0.15) is 30.3 Å². The highest BCUT2D eigenvalue weighted by Crippen LogP contribution is 2.36. The van der Waals surface area contributed by atoms with Crippen LogP contribution in [-0.4, -0.2) is 53.1 Å². The Morgan fingerprint density at radius 3 is 2.07 bits per heavy atom. The van der Waals surface area contributed by atoms with Gasteiger partial charge in [0.1, 0.15) is 29.3 Å². The van der Waals surface area contributed by atoms with Crippen LogP contribution in [0.5, 0.6) is 0 Å². The summed E-state index contributed by atoms with van der Waals surface area (Å²) in [5.74, 6) is -6.63. The molecule has 8 nitrogen and oxygen atoms in total. The van der Waals surface area contributed by atoms with Gasteiger partial charge in [0, 0.05) is 6.54 Å². The summed E-state index contributed by atoms with van der Waals surface area (Å²) in [4.78, 5) is 16.4. The average Bonchev–Trinajstić information content (AvgIpc) is 3.56. The van der Waals surface area contributed by atoms with Gasteiger partial charge in [0.05, 0.1) is 29.5 Å². The van der Waals surface area contributed by atoms with E-state index in [9.17, 15) is 53.6 Å². The Bertz CT molecular complexity index is 1640. The lowest BCUT2D eigenvalue weighted by Crippen LogP contribution is -2.54. The minimum Gasteiger partial charge on any atom is -0.336 e. The summed E-state index contributed by atoms with van der Waals surface area (Å²) in [7, 11) is -4.60. The molecule has 0 saturated heterocycles. The van der Waals surface area contributed by atoms with E-state index in [2.05, 4.69) is 10.3 Å². The van der Waals surface area contributed by atoms with Gasteiger partial charge in [-0.25, -0.2) is 22.2 Å². The number of aromatic nitrogens is 2. The summed E-state index contributed by atoms with van der Waals surface area (Å²) < 4.78 is 137. The van der Waals surface area contributed by atoms with Crippen LogP contribution in [-0.2, 0) is 27.4 Å². The maximum absolute atomic E-state index is 14.1. The van der Waals surface area contributed by atoms with Crippen LogP contribution in [0.4, 0.5) is 35.1 Å². The number of hydrogen-bond acceptors (Lipinski definition) is 6. The molecule has 1 unspecified atom stereocenters. The molecule has 0 aliphatic heterocycles. The highest BCUT2D eigenvalue weighted by Gasteiger charge is 2.48. The molecule has 1 aliphatic carbocycles. The molecule has 3 aromatic rings. The summed E-state index contributed by atoms with van der Waals surface area (Å²) in [5.41, 5.74) is -2.08. The van der Waals surface area contributed by atoms with Crippen LogP contribution >= 0.6 is 0 Å². The zero-order valence-corrected chi connectivity index (χ0v) is 23.2. The molecule has 1 aromatic heterocycles. The largest absolute Gasteiger partial charge is 0.449 e. The van der Waals surface area contributed by atoms with E-state index in [1.807, 2.05) is 5.32 Å². The molecule has 1 heterocycles. The first-order valence-corrected chi connectivity index (χ1v) is 14.7. The number of nitriles is 1. The summed E-state index contributed by atoms with van der Waals surface area (Å²) in [5, 5.41) is 13.5. The monoisotopic (exact) mass is 649 g/mol. The Balaban J connectivity index is 1.63. The lowest BCUT2D eigenvalue weighted by molar-refractivity contribution is -0.160. The fourth-order valence-electron chi connectivity index (χ4n) is 4.40. The summed E-state index contributed by atoms with van der Waals surface area (Å²) in [6, 6.07) is 4.31. The first-order chi connectivity index (χ1) is 20.4. The number of nitrogens with zero attached hydrogens (tertiary/aromatic N) is 3. The van der Waals surface area contributed by atoms with Crippen LogP contribution in [0.15, 0.2) is 54.7 Å². The summed E-state index contributed by atoms with van der Waals surface area (Å²) in [6.45, 7) is -0.874. The number of rotatable bonds is 11. The van der Waals surface area contributed by atoms with Crippen molar-refractivity contribution < 1.29 is 48.3 Å². The van der Waals surface area contributed by atoms with Crippen LogP contribution in [0.3, 0.4) is 0 Å². The van der Waals surface area contributed by atoms with E-state index < -0.39 is 86.8 Å². The average molecular weight is 650 g/mol. The minimum absolute atomic E-state index is 0.0734. The van der Waals surface area contributed by atoms with E-state index in [0.29, 0.717) is 4.57 Å². The van der Waals surface area contributed by atoms with Gasteiger partial charge in [-0.2, -0.15) is 31.6 Å². The topological polar surface area (TPSA) is 117 Å². The molecule has 1 saturated carbocycles. The standard InChI is InChI=1S/C27H23F8N5O3S/c28-18-5-1-16(2-6-18)21-13-37-24(27(33,34)35)40(21)11-12-44(42,43)14-20(23(41)39-25(15-36)9-10-25)38-22(26(30,31)32)17-3-7-19(29)8-4-17/h1-8,13,20,22,38H,9-12,14H2,(H,39,41)/t20?,22-/m1/s1. The van der Waals surface area contributed by atoms with Crippen molar-refractivity contribution in [2.24, 2.45) is 0 Å². The molecule has 17 heteroatoms. The molecule has 4 rings (SSSR count). The fourth-order valence-corrected chi connectivity index (χ4v) is 5.78. The molecular weight excluding hydrogens is 626 g/mol. The Kier molecular flexibility index (Phi) is 9.08. The van der Waals surface area contributed by atoms with Crippen molar-refractivity contribution in [3.05, 3.63) is 77.8 Å². The van der Waals surface area contributed by atoms with Gasteiger partial charge in [-0.15, -0.1) is 0 Å². The lowest BCUT2D eigenvalue weighted by atomic mass is 10.0. The predicted molar refractivity (Wildman–Crippen MR) is 139 cm³/mol. The molecule has 2 atom stereocenters. The molecule has 0 spiro atoms. The molecule has 1 aliphatic rings. The third-order valence-corrected chi connectivity index (χ3v) is 8.48. The zero-order valence-electron chi connectivity index (χ0n) is 22.4. The van der Waals surface area contributed by atoms with Crippen molar-refractivity contribution in [1.29, 1.82) is 5.26 Å². The van der Waals surface area contributed by atoms with E-state index >= 15 is 0 Å². The van der Waals surface area contributed by atoms with Crippen LogP contribution in [0.2, 0.25) is 0 Å². The summed E-state index contributed by atoms with van der Waals surface area (Å²) in [6.07, 6.45) is -8.98. The third kappa shape index (κ3) is 7.91. The molecule has 2 aromatic carbocycles. The molecular formula is C27H23F8N5O3S. The SMILES string of the molecule is N#CC1(NC(=O)C(CS(=O)(=O)CCn2c(-c3ccc(F)cc3)cnc2C(F)(F)F)N[C@H](c2ccc(F)cc2)C(F)(F)F)CC1. The minimum atomic E-state index is -5.10. The molecule has 0 bridgehead atoms. The van der Waals surface area contributed by atoms with Gasteiger partial charge in [-0.1, -0.05) is 12.1 Å². The quantitative estimate of drug-likeness (QED) is 0.291. The first kappa shape index (κ1) is 32.9. The number of halogens is 8. The van der Waals surface area contributed by atoms with Crippen molar-refractivity contribution >= 4 is 15.7 Å². The number of imidazole rings is 1. The Morgan fingerprint density at radius 1 is 1.00 bits per heavy atom. The zero-order chi connectivity index (χ0) is 32.5.